The third-order valence-electron chi connectivity index (χ3n) is 4.44. The van der Waals surface area contributed by atoms with Crippen molar-refractivity contribution in [2.24, 2.45) is 11.7 Å². The number of ether oxygens (including phenoxy) is 1. The normalized spacial score (nSPS) is 19.2. The number of hydrogen-bond donors (Lipinski definition) is 3. The smallest absolute Gasteiger partial charge is 0.250 e. The van der Waals surface area contributed by atoms with E-state index < -0.39 is 12.0 Å². The van der Waals surface area contributed by atoms with Crippen molar-refractivity contribution in [3.8, 4) is 0 Å². The Kier molecular flexibility index (Phi) is 6.52. The number of nitrogens with two attached hydrogens (primary N) is 2. The molecule has 6 nitrogen and oxygen atoms in total. The maximum Gasteiger partial charge on any atom is 0.250 e. The molecule has 28 heavy (non-hydrogen) atoms. The largest absolute Gasteiger partial charge is 0.401 e. The number of amides is 1. The van der Waals surface area contributed by atoms with Crippen LogP contribution < -0.4 is 16.5 Å². The van der Waals surface area contributed by atoms with Gasteiger partial charge >= 0.3 is 0 Å². The van der Waals surface area contributed by atoms with Crippen LogP contribution in [0.3, 0.4) is 0 Å². The van der Waals surface area contributed by atoms with Gasteiger partial charge in [-0.3, -0.25) is 15.2 Å². The lowest BCUT2D eigenvalue weighted by Gasteiger charge is -2.28. The van der Waals surface area contributed by atoms with E-state index in [2.05, 4.69) is 10.3 Å². The first kappa shape index (κ1) is 19.7. The molecule has 1 aliphatic rings. The minimum Gasteiger partial charge on any atom is -0.401 e. The number of allylic oxidation sites excluding steroid dienone is 3. The van der Waals surface area contributed by atoms with E-state index in [1.165, 1.54) is 0 Å². The second kappa shape index (κ2) is 9.25. The van der Waals surface area contributed by atoms with Gasteiger partial charge in [0.2, 0.25) is 5.91 Å². The molecule has 2 unspecified atom stereocenters. The molecule has 0 aliphatic heterocycles. The first-order valence-corrected chi connectivity index (χ1v) is 9.70. The molecule has 1 amide bonds. The van der Waals surface area contributed by atoms with Crippen LogP contribution in [0.25, 0.3) is 6.08 Å². The lowest BCUT2D eigenvalue weighted by molar-refractivity contribution is -0.122. The van der Waals surface area contributed by atoms with Gasteiger partial charge in [-0.1, -0.05) is 12.1 Å². The van der Waals surface area contributed by atoms with Gasteiger partial charge in [-0.05, 0) is 41.8 Å². The number of nitrogens with zero attached hydrogens (tertiary/aromatic N) is 1. The number of hydrogen-bond acceptors (Lipinski definition) is 5. The monoisotopic (exact) mass is 395 g/mol. The number of carbonyl (C=O) groups excluding carboxylic acids is 1. The van der Waals surface area contributed by atoms with Crippen molar-refractivity contribution in [3.63, 3.8) is 0 Å². The summed E-state index contributed by atoms with van der Waals surface area (Å²) in [5.41, 5.74) is 8.51. The molecule has 7 heteroatoms. The van der Waals surface area contributed by atoms with Gasteiger partial charge in [0.25, 0.3) is 0 Å². The molecule has 0 aromatic carbocycles. The van der Waals surface area contributed by atoms with Gasteiger partial charge in [0.15, 0.2) is 5.71 Å². The fraction of sp³-hybridized carbons (Fsp3) is 0.190. The van der Waals surface area contributed by atoms with Gasteiger partial charge < -0.3 is 15.8 Å². The summed E-state index contributed by atoms with van der Waals surface area (Å²) in [6.45, 7) is 0.465. The number of nitrogens with one attached hydrogen (secondary N) is 1. The van der Waals surface area contributed by atoms with Crippen LogP contribution in [0.1, 0.15) is 10.6 Å². The van der Waals surface area contributed by atoms with E-state index in [1.54, 1.807) is 42.9 Å². The van der Waals surface area contributed by atoms with Crippen molar-refractivity contribution in [2.75, 3.05) is 7.11 Å². The predicted octanol–water partition coefficient (Wildman–Crippen LogP) is 1.09. The number of rotatable bonds is 7. The van der Waals surface area contributed by atoms with E-state index >= 15 is 0 Å². The zero-order valence-corrected chi connectivity index (χ0v) is 16.4. The van der Waals surface area contributed by atoms with Crippen molar-refractivity contribution >= 4 is 29.0 Å². The molecule has 3 rings (SSSR count). The Labute approximate surface area is 168 Å². The molecule has 0 bridgehead atoms. The number of aromatic nitrogens is 1. The molecule has 2 aromatic heterocycles. The predicted molar refractivity (Wildman–Crippen MR) is 111 cm³/mol. The lowest BCUT2D eigenvalue weighted by atomic mass is 9.84. The summed E-state index contributed by atoms with van der Waals surface area (Å²) in [4.78, 5) is 18.0. The first-order chi connectivity index (χ1) is 13.6. The first-order valence-electron chi connectivity index (χ1n) is 8.82. The van der Waals surface area contributed by atoms with Crippen LogP contribution in [0, 0.1) is 5.92 Å². The number of methoxy groups -OCH3 is 1. The standard InChI is InChI=1S/C21H22N4O2S/c1-27-20-16(21(26)25-13-15-6-4-12-28-15)8-10-18(23)19(20)17(22)9-7-14-5-2-3-11-24-14/h2-12,19-20,22H,13,23H2,1H3,(H,25,26)/p+1/b9-7+,22-17?. The number of carbonyl (C=O) groups is 1. The molecule has 2 heterocycles. The van der Waals surface area contributed by atoms with Gasteiger partial charge in [-0.15, -0.1) is 11.3 Å². The Morgan fingerprint density at radius 3 is 2.89 bits per heavy atom. The maximum atomic E-state index is 12.7. The van der Waals surface area contributed by atoms with Crippen LogP contribution in [-0.2, 0) is 16.1 Å². The molecule has 2 atom stereocenters. The highest BCUT2D eigenvalue weighted by molar-refractivity contribution is 7.09. The lowest BCUT2D eigenvalue weighted by Crippen LogP contribution is -2.51. The van der Waals surface area contributed by atoms with Crippen molar-refractivity contribution in [2.45, 2.75) is 12.6 Å². The molecule has 0 fully saturated rings. The minimum atomic E-state index is -0.568. The Bertz CT molecular complexity index is 917. The Morgan fingerprint density at radius 2 is 2.21 bits per heavy atom. The van der Waals surface area contributed by atoms with Gasteiger partial charge in [-0.2, -0.15) is 0 Å². The van der Waals surface area contributed by atoms with E-state index in [0.29, 0.717) is 23.5 Å². The fourth-order valence-electron chi connectivity index (χ4n) is 3.02. The molecule has 2 aromatic rings. The SMILES string of the molecule is COC1C(C(=O)NCc2cccs2)=CC=C(N)C1C(=[NH2+])/C=C/c1ccccn1. The number of thiophene rings is 1. The summed E-state index contributed by atoms with van der Waals surface area (Å²) < 4.78 is 5.62. The van der Waals surface area contributed by atoms with E-state index in [1.807, 2.05) is 41.8 Å². The topological polar surface area (TPSA) is 103 Å². The Hall–Kier alpha value is -3.03. The average molecular weight is 396 g/mol. The van der Waals surface area contributed by atoms with E-state index in [-0.39, 0.29) is 5.91 Å². The van der Waals surface area contributed by atoms with Gasteiger partial charge in [0.1, 0.15) is 12.0 Å². The Morgan fingerprint density at radius 1 is 1.36 bits per heavy atom. The van der Waals surface area contributed by atoms with Crippen molar-refractivity contribution in [3.05, 3.63) is 82.0 Å². The third kappa shape index (κ3) is 4.62. The van der Waals surface area contributed by atoms with Crippen molar-refractivity contribution in [1.29, 1.82) is 0 Å². The maximum absolute atomic E-state index is 12.7. The van der Waals surface area contributed by atoms with Crippen LogP contribution in [0.5, 0.6) is 0 Å². The highest BCUT2D eigenvalue weighted by Gasteiger charge is 2.37. The molecule has 0 spiro atoms. The van der Waals surface area contributed by atoms with Gasteiger partial charge in [0, 0.05) is 35.5 Å². The Balaban J connectivity index is 1.74. The summed E-state index contributed by atoms with van der Waals surface area (Å²) in [6.07, 6.45) is 8.11. The molecule has 144 valence electrons. The molecule has 0 saturated carbocycles. The number of pyridine rings is 1. The second-order valence-corrected chi connectivity index (χ2v) is 7.30. The average Bonchev–Trinajstić information content (AvgIpc) is 3.24. The van der Waals surface area contributed by atoms with Crippen LogP contribution in [0.15, 0.2) is 71.4 Å². The van der Waals surface area contributed by atoms with Crippen LogP contribution in [0.4, 0.5) is 0 Å². The molecule has 5 N–H and O–H groups in total. The summed E-state index contributed by atoms with van der Waals surface area (Å²) >= 11 is 1.59. The van der Waals surface area contributed by atoms with E-state index in [0.717, 1.165) is 10.6 Å². The second-order valence-electron chi connectivity index (χ2n) is 6.27. The van der Waals surface area contributed by atoms with Crippen LogP contribution in [-0.4, -0.2) is 29.8 Å². The van der Waals surface area contributed by atoms with Gasteiger partial charge in [0.05, 0.1) is 12.2 Å². The summed E-state index contributed by atoms with van der Waals surface area (Å²) in [5.74, 6) is -0.632. The van der Waals surface area contributed by atoms with Crippen LogP contribution >= 0.6 is 11.3 Å². The third-order valence-corrected chi connectivity index (χ3v) is 5.31. The van der Waals surface area contributed by atoms with E-state index in [9.17, 15) is 4.79 Å². The van der Waals surface area contributed by atoms with Crippen LogP contribution in [0.2, 0.25) is 0 Å². The summed E-state index contributed by atoms with van der Waals surface area (Å²) in [6, 6.07) is 9.55. The van der Waals surface area contributed by atoms with Crippen molar-refractivity contribution in [1.82, 2.24) is 10.3 Å². The quantitative estimate of drug-likeness (QED) is 0.611. The minimum absolute atomic E-state index is 0.199. The zero-order valence-electron chi connectivity index (χ0n) is 15.5. The molecular weight excluding hydrogens is 372 g/mol. The molecule has 1 aliphatic carbocycles. The summed E-state index contributed by atoms with van der Waals surface area (Å²) in [7, 11) is 1.55. The van der Waals surface area contributed by atoms with E-state index in [4.69, 9.17) is 15.9 Å². The van der Waals surface area contributed by atoms with Crippen molar-refractivity contribution < 1.29 is 14.9 Å². The molecule has 0 saturated heterocycles. The van der Waals surface area contributed by atoms with Gasteiger partial charge in [-0.25, -0.2) is 0 Å². The molecular formula is C21H23N4O2S+. The summed E-state index contributed by atoms with van der Waals surface area (Å²) in [5, 5.41) is 11.2. The zero-order chi connectivity index (χ0) is 19.9. The fourth-order valence-corrected chi connectivity index (χ4v) is 3.66. The molecule has 0 radical (unpaired) electrons. The highest BCUT2D eigenvalue weighted by atomic mass is 32.1. The highest BCUT2D eigenvalue weighted by Crippen LogP contribution is 2.27.